The molecule has 0 saturated carbocycles. The molecule has 108 valence electrons. The van der Waals surface area contributed by atoms with Crippen LogP contribution in [0.25, 0.3) is 16.6 Å². The highest BCUT2D eigenvalue weighted by Gasteiger charge is 2.18. The van der Waals surface area contributed by atoms with E-state index >= 15 is 0 Å². The summed E-state index contributed by atoms with van der Waals surface area (Å²) in [5.74, 6) is -0.0769. The first-order chi connectivity index (χ1) is 10.1. The molecule has 0 amide bonds. The maximum atomic E-state index is 13.2. The molecule has 1 N–H and O–H groups in total. The molecule has 21 heavy (non-hydrogen) atoms. The summed E-state index contributed by atoms with van der Waals surface area (Å²) in [6.07, 6.45) is 1.88. The van der Waals surface area contributed by atoms with Crippen molar-refractivity contribution in [1.82, 2.24) is 9.61 Å². The van der Waals surface area contributed by atoms with Gasteiger partial charge >= 0.3 is 0 Å². The number of nitrogens with zero attached hydrogens (tertiary/aromatic N) is 2. The maximum absolute atomic E-state index is 13.2. The van der Waals surface area contributed by atoms with E-state index in [2.05, 4.69) is 5.10 Å². The molecule has 0 aliphatic heterocycles. The third kappa shape index (κ3) is 2.32. The minimum atomic E-state index is -0.270. The van der Waals surface area contributed by atoms with Gasteiger partial charge in [0.2, 0.25) is 0 Å². The fourth-order valence-electron chi connectivity index (χ4n) is 2.68. The summed E-state index contributed by atoms with van der Waals surface area (Å²) in [5, 5.41) is 14.4. The SMILES string of the molecule is CC(C)c1nn2cccc2c(-c2ccc(F)cc2)c1CO. The predicted molar refractivity (Wildman–Crippen MR) is 80.6 cm³/mol. The number of rotatable bonds is 3. The predicted octanol–water partition coefficient (Wildman–Crippen LogP) is 3.76. The Morgan fingerprint density at radius 3 is 2.52 bits per heavy atom. The van der Waals surface area contributed by atoms with E-state index in [1.54, 1.807) is 12.1 Å². The van der Waals surface area contributed by atoms with Gasteiger partial charge in [-0.2, -0.15) is 5.10 Å². The van der Waals surface area contributed by atoms with Gasteiger partial charge in [0, 0.05) is 17.3 Å². The third-order valence-corrected chi connectivity index (χ3v) is 3.65. The number of hydrogen-bond donors (Lipinski definition) is 1. The quantitative estimate of drug-likeness (QED) is 0.795. The van der Waals surface area contributed by atoms with Crippen molar-refractivity contribution in [3.05, 3.63) is 59.7 Å². The van der Waals surface area contributed by atoms with Gasteiger partial charge in [0.25, 0.3) is 0 Å². The number of aliphatic hydroxyl groups is 1. The number of aromatic nitrogens is 2. The van der Waals surface area contributed by atoms with Gasteiger partial charge in [0.15, 0.2) is 0 Å². The van der Waals surface area contributed by atoms with Crippen LogP contribution < -0.4 is 0 Å². The minimum Gasteiger partial charge on any atom is -0.392 e. The number of halogens is 1. The van der Waals surface area contributed by atoms with E-state index in [9.17, 15) is 9.50 Å². The maximum Gasteiger partial charge on any atom is 0.123 e. The summed E-state index contributed by atoms with van der Waals surface area (Å²) in [5.41, 5.74) is 4.38. The third-order valence-electron chi connectivity index (χ3n) is 3.65. The van der Waals surface area contributed by atoms with Gasteiger partial charge in [-0.25, -0.2) is 8.91 Å². The Labute approximate surface area is 122 Å². The Hall–Kier alpha value is -2.20. The van der Waals surface area contributed by atoms with Gasteiger partial charge in [-0.1, -0.05) is 26.0 Å². The van der Waals surface area contributed by atoms with Crippen molar-refractivity contribution < 1.29 is 9.50 Å². The van der Waals surface area contributed by atoms with Crippen molar-refractivity contribution >= 4 is 5.52 Å². The van der Waals surface area contributed by atoms with Crippen LogP contribution in [0.5, 0.6) is 0 Å². The second kappa shape index (κ2) is 5.30. The van der Waals surface area contributed by atoms with Crippen LogP contribution in [0.3, 0.4) is 0 Å². The molecule has 2 heterocycles. The molecule has 3 rings (SSSR count). The Balaban J connectivity index is 2.37. The fourth-order valence-corrected chi connectivity index (χ4v) is 2.68. The van der Waals surface area contributed by atoms with Crippen LogP contribution in [-0.4, -0.2) is 14.7 Å². The zero-order chi connectivity index (χ0) is 15.0. The summed E-state index contributed by atoms with van der Waals surface area (Å²) in [6.45, 7) is 4.01. The van der Waals surface area contributed by atoms with Crippen molar-refractivity contribution in [3.63, 3.8) is 0 Å². The number of fused-ring (bicyclic) bond motifs is 1. The summed E-state index contributed by atoms with van der Waals surface area (Å²) in [7, 11) is 0. The molecule has 0 aliphatic carbocycles. The Morgan fingerprint density at radius 2 is 1.90 bits per heavy atom. The van der Waals surface area contributed by atoms with Crippen molar-refractivity contribution in [1.29, 1.82) is 0 Å². The first-order valence-electron chi connectivity index (χ1n) is 6.98. The minimum absolute atomic E-state index is 0.0884. The summed E-state index contributed by atoms with van der Waals surface area (Å²) < 4.78 is 15.0. The van der Waals surface area contributed by atoms with Gasteiger partial charge < -0.3 is 5.11 Å². The molecule has 0 bridgehead atoms. The average Bonchev–Trinajstić information content (AvgIpc) is 2.94. The van der Waals surface area contributed by atoms with E-state index in [1.807, 2.05) is 36.7 Å². The number of hydrogen-bond acceptors (Lipinski definition) is 2. The van der Waals surface area contributed by atoms with E-state index in [0.29, 0.717) is 0 Å². The van der Waals surface area contributed by atoms with Crippen LogP contribution in [0.4, 0.5) is 4.39 Å². The van der Waals surface area contributed by atoms with E-state index in [0.717, 1.165) is 27.9 Å². The van der Waals surface area contributed by atoms with Crippen LogP contribution >= 0.6 is 0 Å². The molecule has 0 saturated heterocycles. The topological polar surface area (TPSA) is 37.5 Å². The van der Waals surface area contributed by atoms with Gasteiger partial charge in [-0.05, 0) is 35.7 Å². The molecule has 1 aromatic carbocycles. The summed E-state index contributed by atoms with van der Waals surface area (Å²) >= 11 is 0. The molecule has 2 aromatic heterocycles. The molecule has 0 spiro atoms. The van der Waals surface area contributed by atoms with Crippen molar-refractivity contribution in [2.75, 3.05) is 0 Å². The normalized spacial score (nSPS) is 11.5. The van der Waals surface area contributed by atoms with Gasteiger partial charge in [-0.15, -0.1) is 0 Å². The zero-order valence-electron chi connectivity index (χ0n) is 12.0. The highest BCUT2D eigenvalue weighted by molar-refractivity contribution is 5.83. The molecule has 0 aliphatic rings. The standard InChI is InChI=1S/C17H17FN2O/c1-11(2)17-14(10-21)16(12-5-7-13(18)8-6-12)15-4-3-9-20(15)19-17/h3-9,11,21H,10H2,1-2H3. The van der Waals surface area contributed by atoms with Crippen molar-refractivity contribution in [2.45, 2.75) is 26.4 Å². The smallest absolute Gasteiger partial charge is 0.123 e. The molecular formula is C17H17FN2O. The van der Waals surface area contributed by atoms with E-state index in [-0.39, 0.29) is 18.3 Å². The molecule has 0 atom stereocenters. The lowest BCUT2D eigenvalue weighted by Crippen LogP contribution is -2.08. The van der Waals surface area contributed by atoms with Gasteiger partial charge in [-0.3, -0.25) is 0 Å². The molecule has 3 aromatic rings. The zero-order valence-corrected chi connectivity index (χ0v) is 12.0. The molecule has 0 radical (unpaired) electrons. The lowest BCUT2D eigenvalue weighted by molar-refractivity contribution is 0.279. The first-order valence-corrected chi connectivity index (χ1v) is 6.98. The highest BCUT2D eigenvalue weighted by atomic mass is 19.1. The van der Waals surface area contributed by atoms with Crippen LogP contribution in [0.15, 0.2) is 42.6 Å². The molecule has 3 nitrogen and oxygen atoms in total. The van der Waals surface area contributed by atoms with Crippen molar-refractivity contribution in [3.8, 4) is 11.1 Å². The van der Waals surface area contributed by atoms with Crippen molar-refractivity contribution in [2.24, 2.45) is 0 Å². The van der Waals surface area contributed by atoms with E-state index < -0.39 is 0 Å². The van der Waals surface area contributed by atoms with Gasteiger partial charge in [0.1, 0.15) is 5.82 Å². The molecule has 0 unspecified atom stereocenters. The van der Waals surface area contributed by atoms with Crippen LogP contribution in [-0.2, 0) is 6.61 Å². The number of benzene rings is 1. The van der Waals surface area contributed by atoms with Gasteiger partial charge in [0.05, 0.1) is 17.8 Å². The molecule has 0 fully saturated rings. The van der Waals surface area contributed by atoms with Crippen LogP contribution in [0.1, 0.15) is 31.0 Å². The lowest BCUT2D eigenvalue weighted by Gasteiger charge is -2.17. The summed E-state index contributed by atoms with van der Waals surface area (Å²) in [6, 6.07) is 10.2. The Kier molecular flexibility index (Phi) is 3.47. The van der Waals surface area contributed by atoms with Crippen LogP contribution in [0, 0.1) is 5.82 Å². The molecule has 4 heteroatoms. The molecular weight excluding hydrogens is 267 g/mol. The average molecular weight is 284 g/mol. The monoisotopic (exact) mass is 284 g/mol. The second-order valence-electron chi connectivity index (χ2n) is 5.40. The second-order valence-corrected chi connectivity index (χ2v) is 5.40. The van der Waals surface area contributed by atoms with E-state index in [4.69, 9.17) is 0 Å². The Morgan fingerprint density at radius 1 is 1.19 bits per heavy atom. The Bertz CT molecular complexity index is 775. The van der Waals surface area contributed by atoms with E-state index in [1.165, 1.54) is 12.1 Å². The highest BCUT2D eigenvalue weighted by Crippen LogP contribution is 2.33. The van der Waals surface area contributed by atoms with Crippen LogP contribution in [0.2, 0.25) is 0 Å². The first kappa shape index (κ1) is 13.8. The number of aliphatic hydroxyl groups excluding tert-OH is 1. The summed E-state index contributed by atoms with van der Waals surface area (Å²) in [4.78, 5) is 0. The fraction of sp³-hybridized carbons (Fsp3) is 0.235. The largest absolute Gasteiger partial charge is 0.392 e. The lowest BCUT2D eigenvalue weighted by atomic mass is 9.95.